The lowest BCUT2D eigenvalue weighted by molar-refractivity contribution is -0.147. The number of rotatable bonds is 8. The molecule has 1 heterocycles. The Hall–Kier alpha value is -3.20. The highest BCUT2D eigenvalue weighted by atomic mass is 32.1. The van der Waals surface area contributed by atoms with Gasteiger partial charge in [0.25, 0.3) is 17.7 Å². The van der Waals surface area contributed by atoms with Gasteiger partial charge in [0.1, 0.15) is 0 Å². The molecule has 0 atom stereocenters. The lowest BCUT2D eigenvalue weighted by Crippen LogP contribution is -2.27. The van der Waals surface area contributed by atoms with E-state index in [1.165, 1.54) is 16.2 Å². The quantitative estimate of drug-likeness (QED) is 0.654. The Bertz CT molecular complexity index is 832. The van der Waals surface area contributed by atoms with E-state index in [0.29, 0.717) is 16.8 Å². The van der Waals surface area contributed by atoms with Gasteiger partial charge < -0.3 is 20.3 Å². The third-order valence-corrected chi connectivity index (χ3v) is 4.27. The van der Waals surface area contributed by atoms with E-state index >= 15 is 0 Å². The molecule has 0 spiro atoms. The van der Waals surface area contributed by atoms with Gasteiger partial charge in [-0.15, -0.1) is 0 Å². The zero-order valence-corrected chi connectivity index (χ0v) is 16.4. The molecule has 0 bridgehead atoms. The second kappa shape index (κ2) is 10.2. The molecule has 2 N–H and O–H groups in total. The first-order valence-corrected chi connectivity index (χ1v) is 9.38. The van der Waals surface area contributed by atoms with Gasteiger partial charge in [-0.3, -0.25) is 19.2 Å². The summed E-state index contributed by atoms with van der Waals surface area (Å²) < 4.78 is 4.88. The minimum Gasteiger partial charge on any atom is -0.456 e. The standard InChI is InChI=1S/C19H21N3O5S/c1-22(2)19(26)13-3-5-15(6-4-13)21-16(23)11-27-17(24)7-9-20-18(25)14-8-10-28-12-14/h3-6,8,10,12H,7,9,11H2,1-2H3,(H,20,25)(H,21,23). The molecule has 0 aliphatic heterocycles. The lowest BCUT2D eigenvalue weighted by Gasteiger charge is -2.11. The molecule has 3 amide bonds. The van der Waals surface area contributed by atoms with Gasteiger partial charge in [-0.25, -0.2) is 0 Å². The molecule has 0 aliphatic carbocycles. The molecule has 28 heavy (non-hydrogen) atoms. The number of carbonyl (C=O) groups is 4. The lowest BCUT2D eigenvalue weighted by atomic mass is 10.2. The summed E-state index contributed by atoms with van der Waals surface area (Å²) in [5.74, 6) is -1.49. The van der Waals surface area contributed by atoms with Crippen LogP contribution < -0.4 is 10.6 Å². The molecule has 9 heteroatoms. The molecule has 0 saturated heterocycles. The van der Waals surface area contributed by atoms with Gasteiger partial charge in [0.2, 0.25) is 0 Å². The number of carbonyl (C=O) groups excluding carboxylic acids is 4. The first-order chi connectivity index (χ1) is 13.4. The molecule has 0 unspecified atom stereocenters. The molecule has 1 aromatic carbocycles. The minimum atomic E-state index is -0.590. The summed E-state index contributed by atoms with van der Waals surface area (Å²) in [5.41, 5.74) is 1.52. The van der Waals surface area contributed by atoms with Crippen LogP contribution in [0.4, 0.5) is 5.69 Å². The normalized spacial score (nSPS) is 10.1. The predicted octanol–water partition coefficient (Wildman–Crippen LogP) is 1.75. The number of hydrogen-bond acceptors (Lipinski definition) is 6. The van der Waals surface area contributed by atoms with E-state index in [9.17, 15) is 19.2 Å². The van der Waals surface area contributed by atoms with Gasteiger partial charge in [0.05, 0.1) is 6.42 Å². The van der Waals surface area contributed by atoms with Crippen LogP contribution in [0.2, 0.25) is 0 Å². The SMILES string of the molecule is CN(C)C(=O)c1ccc(NC(=O)COC(=O)CCNC(=O)c2ccsc2)cc1. The van der Waals surface area contributed by atoms with Crippen molar-refractivity contribution < 1.29 is 23.9 Å². The van der Waals surface area contributed by atoms with Crippen molar-refractivity contribution in [1.29, 1.82) is 0 Å². The van der Waals surface area contributed by atoms with Crippen molar-refractivity contribution in [2.75, 3.05) is 32.6 Å². The van der Waals surface area contributed by atoms with Crippen molar-refractivity contribution in [3.05, 3.63) is 52.2 Å². The van der Waals surface area contributed by atoms with Crippen molar-refractivity contribution in [2.45, 2.75) is 6.42 Å². The predicted molar refractivity (Wildman–Crippen MR) is 105 cm³/mol. The monoisotopic (exact) mass is 403 g/mol. The Kier molecular flexibility index (Phi) is 7.70. The summed E-state index contributed by atoms with van der Waals surface area (Å²) in [6.07, 6.45) is -0.0372. The van der Waals surface area contributed by atoms with Crippen LogP contribution in [0, 0.1) is 0 Å². The summed E-state index contributed by atoms with van der Waals surface area (Å²) in [5, 5.41) is 8.67. The molecular weight excluding hydrogens is 382 g/mol. The summed E-state index contributed by atoms with van der Waals surface area (Å²) in [6.45, 7) is -0.313. The molecule has 148 valence electrons. The van der Waals surface area contributed by atoms with Gasteiger partial charge >= 0.3 is 5.97 Å². The molecule has 2 aromatic rings. The fraction of sp³-hybridized carbons (Fsp3) is 0.263. The van der Waals surface area contributed by atoms with Crippen molar-refractivity contribution in [2.24, 2.45) is 0 Å². The largest absolute Gasteiger partial charge is 0.456 e. The Morgan fingerprint density at radius 3 is 2.36 bits per heavy atom. The number of hydrogen-bond donors (Lipinski definition) is 2. The van der Waals surface area contributed by atoms with E-state index < -0.39 is 18.5 Å². The number of benzene rings is 1. The molecule has 2 rings (SSSR count). The maximum Gasteiger partial charge on any atom is 0.308 e. The minimum absolute atomic E-state index is 0.0372. The van der Waals surface area contributed by atoms with E-state index in [1.807, 2.05) is 0 Å². The third-order valence-electron chi connectivity index (χ3n) is 3.58. The molecule has 0 fully saturated rings. The molecule has 1 aromatic heterocycles. The topological polar surface area (TPSA) is 105 Å². The molecule has 0 radical (unpaired) electrons. The van der Waals surface area contributed by atoms with E-state index in [0.717, 1.165) is 0 Å². The Labute approximate surface area is 166 Å². The average Bonchev–Trinajstić information content (AvgIpc) is 3.21. The first-order valence-electron chi connectivity index (χ1n) is 8.44. The van der Waals surface area contributed by atoms with Crippen LogP contribution in [0.5, 0.6) is 0 Å². The number of nitrogens with zero attached hydrogens (tertiary/aromatic N) is 1. The van der Waals surface area contributed by atoms with Crippen molar-refractivity contribution in [3.8, 4) is 0 Å². The summed E-state index contributed by atoms with van der Waals surface area (Å²) in [7, 11) is 3.31. The van der Waals surface area contributed by atoms with Crippen LogP contribution in [-0.4, -0.2) is 55.8 Å². The van der Waals surface area contributed by atoms with Crippen LogP contribution in [0.1, 0.15) is 27.1 Å². The van der Waals surface area contributed by atoms with Gasteiger partial charge in [-0.05, 0) is 35.7 Å². The summed E-state index contributed by atoms with van der Waals surface area (Å²) >= 11 is 1.41. The third kappa shape index (κ3) is 6.51. The number of esters is 1. The first kappa shape index (κ1) is 21.1. The highest BCUT2D eigenvalue weighted by molar-refractivity contribution is 7.08. The second-order valence-corrected chi connectivity index (χ2v) is 6.78. The van der Waals surface area contributed by atoms with E-state index in [-0.39, 0.29) is 24.8 Å². The van der Waals surface area contributed by atoms with Gasteiger partial charge in [-0.1, -0.05) is 0 Å². The van der Waals surface area contributed by atoms with Crippen molar-refractivity contribution in [1.82, 2.24) is 10.2 Å². The number of anilines is 1. The molecular formula is C19H21N3O5S. The summed E-state index contributed by atoms with van der Waals surface area (Å²) in [6, 6.07) is 8.07. The van der Waals surface area contributed by atoms with Crippen LogP contribution in [0.25, 0.3) is 0 Å². The summed E-state index contributed by atoms with van der Waals surface area (Å²) in [4.78, 5) is 48.5. The average molecular weight is 403 g/mol. The zero-order chi connectivity index (χ0) is 20.5. The zero-order valence-electron chi connectivity index (χ0n) is 15.6. The van der Waals surface area contributed by atoms with Crippen LogP contribution in [0.3, 0.4) is 0 Å². The fourth-order valence-electron chi connectivity index (χ4n) is 2.14. The number of nitrogens with one attached hydrogen (secondary N) is 2. The Balaban J connectivity index is 1.68. The smallest absolute Gasteiger partial charge is 0.308 e. The van der Waals surface area contributed by atoms with Gasteiger partial charge in [0.15, 0.2) is 6.61 Å². The molecule has 0 aliphatic rings. The number of amides is 3. The van der Waals surface area contributed by atoms with Crippen LogP contribution in [0.15, 0.2) is 41.1 Å². The number of ether oxygens (including phenoxy) is 1. The Morgan fingerprint density at radius 1 is 1.04 bits per heavy atom. The molecule has 8 nitrogen and oxygen atoms in total. The van der Waals surface area contributed by atoms with E-state index in [2.05, 4.69) is 10.6 Å². The Morgan fingerprint density at radius 2 is 1.75 bits per heavy atom. The number of thiophene rings is 1. The van der Waals surface area contributed by atoms with Crippen molar-refractivity contribution in [3.63, 3.8) is 0 Å². The second-order valence-electron chi connectivity index (χ2n) is 6.00. The van der Waals surface area contributed by atoms with Gasteiger partial charge in [0, 0.05) is 42.8 Å². The van der Waals surface area contributed by atoms with E-state index in [1.54, 1.807) is 55.2 Å². The van der Waals surface area contributed by atoms with E-state index in [4.69, 9.17) is 4.74 Å². The van der Waals surface area contributed by atoms with Gasteiger partial charge in [-0.2, -0.15) is 11.3 Å². The highest BCUT2D eigenvalue weighted by Gasteiger charge is 2.11. The van der Waals surface area contributed by atoms with Crippen LogP contribution >= 0.6 is 11.3 Å². The van der Waals surface area contributed by atoms with Crippen molar-refractivity contribution >= 4 is 40.7 Å². The van der Waals surface area contributed by atoms with Crippen LogP contribution in [-0.2, 0) is 14.3 Å². The molecule has 0 saturated carbocycles. The maximum atomic E-state index is 11.8. The highest BCUT2D eigenvalue weighted by Crippen LogP contribution is 2.11. The maximum absolute atomic E-state index is 11.8. The fourth-order valence-corrected chi connectivity index (χ4v) is 2.78.